The van der Waals surface area contributed by atoms with Gasteiger partial charge < -0.3 is 15.4 Å². The molecule has 21 heavy (non-hydrogen) atoms. The first-order chi connectivity index (χ1) is 10.3. The molecule has 1 aliphatic rings. The molecule has 1 atom stereocenters. The fraction of sp³-hybridized carbons (Fsp3) is 0.333. The Morgan fingerprint density at radius 3 is 2.90 bits per heavy atom. The van der Waals surface area contributed by atoms with Crippen molar-refractivity contribution in [2.45, 2.75) is 25.9 Å². The molecule has 0 amide bonds. The third-order valence-electron chi connectivity index (χ3n) is 4.14. The number of rotatable bonds is 5. The average Bonchev–Trinajstić information content (AvgIpc) is 3.01. The lowest BCUT2D eigenvalue weighted by Gasteiger charge is -2.18. The summed E-state index contributed by atoms with van der Waals surface area (Å²) in [5, 5.41) is 7.09. The molecule has 3 nitrogen and oxygen atoms in total. The molecule has 0 fully saturated rings. The molecule has 0 aliphatic carbocycles. The van der Waals surface area contributed by atoms with E-state index in [1.807, 2.05) is 12.1 Å². The predicted molar refractivity (Wildman–Crippen MR) is 86.9 cm³/mol. The molecule has 0 saturated carbocycles. The van der Waals surface area contributed by atoms with Crippen molar-refractivity contribution in [3.05, 3.63) is 59.2 Å². The summed E-state index contributed by atoms with van der Waals surface area (Å²) in [6.45, 7) is 4.08. The normalized spacial score (nSPS) is 14.4. The van der Waals surface area contributed by atoms with E-state index in [0.717, 1.165) is 25.3 Å². The van der Waals surface area contributed by atoms with E-state index in [4.69, 9.17) is 4.74 Å². The summed E-state index contributed by atoms with van der Waals surface area (Å²) < 4.78 is 5.44. The van der Waals surface area contributed by atoms with Gasteiger partial charge in [-0.05, 0) is 30.5 Å². The molecule has 3 rings (SSSR count). The predicted octanol–water partition coefficient (Wildman–Crippen LogP) is 3.51. The van der Waals surface area contributed by atoms with Gasteiger partial charge in [-0.15, -0.1) is 0 Å². The minimum absolute atomic E-state index is 0.249. The van der Waals surface area contributed by atoms with Gasteiger partial charge in [0.05, 0.1) is 7.11 Å². The van der Waals surface area contributed by atoms with E-state index < -0.39 is 0 Å². The monoisotopic (exact) mass is 282 g/mol. The topological polar surface area (TPSA) is 33.3 Å². The second-order valence-electron chi connectivity index (χ2n) is 5.47. The van der Waals surface area contributed by atoms with Crippen molar-refractivity contribution in [2.24, 2.45) is 0 Å². The first kappa shape index (κ1) is 14.0. The van der Waals surface area contributed by atoms with E-state index in [1.54, 1.807) is 7.11 Å². The highest BCUT2D eigenvalue weighted by atomic mass is 16.5. The lowest BCUT2D eigenvalue weighted by Crippen LogP contribution is -2.19. The molecule has 2 N–H and O–H groups in total. The van der Waals surface area contributed by atoms with Crippen LogP contribution in [0.2, 0.25) is 0 Å². The van der Waals surface area contributed by atoms with Crippen LogP contribution in [-0.2, 0) is 13.0 Å². The largest absolute Gasteiger partial charge is 0.496 e. The smallest absolute Gasteiger partial charge is 0.123 e. The van der Waals surface area contributed by atoms with Crippen molar-refractivity contribution < 1.29 is 4.74 Å². The Kier molecular flexibility index (Phi) is 4.11. The summed E-state index contributed by atoms with van der Waals surface area (Å²) in [4.78, 5) is 0. The molecule has 110 valence electrons. The van der Waals surface area contributed by atoms with E-state index in [0.29, 0.717) is 0 Å². The standard InChI is InChI=1S/C18H22N2O/c1-13(16-8-3-4-9-17(16)21-2)20-12-15-7-5-6-14-10-11-19-18(14)15/h3-9,13,19-20H,10-12H2,1-2H3. The Labute approximate surface area is 126 Å². The SMILES string of the molecule is COc1ccccc1C(C)NCc1cccc2c1NCC2. The first-order valence-corrected chi connectivity index (χ1v) is 7.50. The van der Waals surface area contributed by atoms with Crippen molar-refractivity contribution >= 4 is 5.69 Å². The second-order valence-corrected chi connectivity index (χ2v) is 5.47. The number of anilines is 1. The molecule has 0 aromatic heterocycles. The highest BCUT2D eigenvalue weighted by molar-refractivity contribution is 5.61. The summed E-state index contributed by atoms with van der Waals surface area (Å²) in [6.07, 6.45) is 1.13. The fourth-order valence-electron chi connectivity index (χ4n) is 2.96. The summed E-state index contributed by atoms with van der Waals surface area (Å²) in [7, 11) is 1.72. The zero-order valence-electron chi connectivity index (χ0n) is 12.6. The van der Waals surface area contributed by atoms with Crippen LogP contribution in [0.1, 0.15) is 29.7 Å². The van der Waals surface area contributed by atoms with Crippen molar-refractivity contribution in [1.29, 1.82) is 0 Å². The van der Waals surface area contributed by atoms with E-state index in [1.165, 1.54) is 22.4 Å². The number of benzene rings is 2. The van der Waals surface area contributed by atoms with Crippen LogP contribution in [0.5, 0.6) is 5.75 Å². The number of ether oxygens (including phenoxy) is 1. The number of methoxy groups -OCH3 is 1. The van der Waals surface area contributed by atoms with Gasteiger partial charge in [0.15, 0.2) is 0 Å². The lowest BCUT2D eigenvalue weighted by atomic mass is 10.0. The van der Waals surface area contributed by atoms with E-state index in [9.17, 15) is 0 Å². The highest BCUT2D eigenvalue weighted by Crippen LogP contribution is 2.28. The summed E-state index contributed by atoms with van der Waals surface area (Å²) in [5.41, 5.74) is 5.28. The van der Waals surface area contributed by atoms with Crippen LogP contribution >= 0.6 is 0 Å². The molecule has 2 aromatic rings. The van der Waals surface area contributed by atoms with Crippen LogP contribution in [0.25, 0.3) is 0 Å². The molecule has 3 heteroatoms. The Hall–Kier alpha value is -2.00. The van der Waals surface area contributed by atoms with Crippen molar-refractivity contribution in [3.63, 3.8) is 0 Å². The number of hydrogen-bond acceptors (Lipinski definition) is 3. The fourth-order valence-corrected chi connectivity index (χ4v) is 2.96. The van der Waals surface area contributed by atoms with Crippen LogP contribution in [0, 0.1) is 0 Å². The Morgan fingerprint density at radius 1 is 1.19 bits per heavy atom. The molecular weight excluding hydrogens is 260 g/mol. The molecule has 2 aromatic carbocycles. The maximum atomic E-state index is 5.44. The van der Waals surface area contributed by atoms with E-state index in [-0.39, 0.29) is 6.04 Å². The molecular formula is C18H22N2O. The lowest BCUT2D eigenvalue weighted by molar-refractivity contribution is 0.401. The van der Waals surface area contributed by atoms with Crippen LogP contribution in [0.4, 0.5) is 5.69 Å². The second kappa shape index (κ2) is 6.19. The van der Waals surface area contributed by atoms with Crippen LogP contribution in [0.3, 0.4) is 0 Å². The minimum Gasteiger partial charge on any atom is -0.496 e. The summed E-state index contributed by atoms with van der Waals surface area (Å²) >= 11 is 0. The zero-order valence-corrected chi connectivity index (χ0v) is 12.6. The van der Waals surface area contributed by atoms with Crippen molar-refractivity contribution in [2.75, 3.05) is 19.0 Å². The molecule has 1 unspecified atom stereocenters. The van der Waals surface area contributed by atoms with Gasteiger partial charge in [0, 0.05) is 30.4 Å². The van der Waals surface area contributed by atoms with Gasteiger partial charge in [-0.2, -0.15) is 0 Å². The minimum atomic E-state index is 0.249. The van der Waals surface area contributed by atoms with Gasteiger partial charge in [0.2, 0.25) is 0 Å². The van der Waals surface area contributed by atoms with E-state index in [2.05, 4.69) is 47.9 Å². The molecule has 1 aliphatic heterocycles. The average molecular weight is 282 g/mol. The third kappa shape index (κ3) is 2.88. The molecule has 0 saturated heterocycles. The third-order valence-corrected chi connectivity index (χ3v) is 4.14. The molecule has 0 spiro atoms. The summed E-state index contributed by atoms with van der Waals surface area (Å²) in [5.74, 6) is 0.939. The molecule has 0 radical (unpaired) electrons. The summed E-state index contributed by atoms with van der Waals surface area (Å²) in [6, 6.07) is 15.0. The molecule has 0 bridgehead atoms. The van der Waals surface area contributed by atoms with Gasteiger partial charge in [0.1, 0.15) is 5.75 Å². The van der Waals surface area contributed by atoms with Gasteiger partial charge in [-0.3, -0.25) is 0 Å². The van der Waals surface area contributed by atoms with Crippen LogP contribution in [0.15, 0.2) is 42.5 Å². The Balaban J connectivity index is 1.72. The van der Waals surface area contributed by atoms with E-state index >= 15 is 0 Å². The highest BCUT2D eigenvalue weighted by Gasteiger charge is 2.15. The van der Waals surface area contributed by atoms with Crippen LogP contribution < -0.4 is 15.4 Å². The maximum absolute atomic E-state index is 5.44. The number of hydrogen-bond donors (Lipinski definition) is 2. The number of fused-ring (bicyclic) bond motifs is 1. The maximum Gasteiger partial charge on any atom is 0.123 e. The van der Waals surface area contributed by atoms with Crippen LogP contribution in [-0.4, -0.2) is 13.7 Å². The van der Waals surface area contributed by atoms with Gasteiger partial charge in [-0.25, -0.2) is 0 Å². The van der Waals surface area contributed by atoms with Gasteiger partial charge >= 0.3 is 0 Å². The quantitative estimate of drug-likeness (QED) is 0.880. The van der Waals surface area contributed by atoms with Crippen molar-refractivity contribution in [3.8, 4) is 5.75 Å². The number of para-hydroxylation sites is 2. The Bertz CT molecular complexity index is 624. The van der Waals surface area contributed by atoms with Gasteiger partial charge in [0.25, 0.3) is 0 Å². The zero-order chi connectivity index (χ0) is 14.7. The Morgan fingerprint density at radius 2 is 2.05 bits per heavy atom. The number of nitrogens with one attached hydrogen (secondary N) is 2. The first-order valence-electron chi connectivity index (χ1n) is 7.50. The molecule has 1 heterocycles. The van der Waals surface area contributed by atoms with Crippen molar-refractivity contribution in [1.82, 2.24) is 5.32 Å². The van der Waals surface area contributed by atoms with Gasteiger partial charge in [-0.1, -0.05) is 36.4 Å².